The molecule has 1 aliphatic heterocycles. The van der Waals surface area contributed by atoms with Crippen molar-refractivity contribution in [2.24, 2.45) is 0 Å². The molecule has 1 aromatic heterocycles. The number of anilines is 2. The molecule has 0 aromatic carbocycles. The van der Waals surface area contributed by atoms with Crippen LogP contribution in [0.15, 0.2) is 18.5 Å². The summed E-state index contributed by atoms with van der Waals surface area (Å²) in [5.74, 6) is 0. The predicted octanol–water partition coefficient (Wildman–Crippen LogP) is 1.74. The zero-order valence-corrected chi connectivity index (χ0v) is 9.23. The van der Waals surface area contributed by atoms with Crippen LogP contribution in [0, 0.1) is 0 Å². The second-order valence-electron chi connectivity index (χ2n) is 4.07. The molecular weight excluding hydrogens is 174 g/mol. The van der Waals surface area contributed by atoms with Gasteiger partial charge in [0.15, 0.2) is 0 Å². The highest BCUT2D eigenvalue weighted by Gasteiger charge is 2.29. The van der Waals surface area contributed by atoms with Gasteiger partial charge in [0.25, 0.3) is 0 Å². The van der Waals surface area contributed by atoms with Gasteiger partial charge in [-0.25, -0.2) is 0 Å². The van der Waals surface area contributed by atoms with E-state index in [2.05, 4.69) is 48.8 Å². The SMILES string of the molecule is CC1C(C)N(C)c2cnccc2N1C. The fourth-order valence-corrected chi connectivity index (χ4v) is 2.03. The first-order valence-corrected chi connectivity index (χ1v) is 5.02. The molecule has 3 nitrogen and oxygen atoms in total. The van der Waals surface area contributed by atoms with Crippen molar-refractivity contribution in [3.8, 4) is 0 Å². The summed E-state index contributed by atoms with van der Waals surface area (Å²) < 4.78 is 0. The Hall–Kier alpha value is -1.25. The van der Waals surface area contributed by atoms with Gasteiger partial charge in [0, 0.05) is 32.4 Å². The third-order valence-electron chi connectivity index (χ3n) is 3.46. The fourth-order valence-electron chi connectivity index (χ4n) is 2.03. The summed E-state index contributed by atoms with van der Waals surface area (Å²) in [6.07, 6.45) is 3.79. The van der Waals surface area contributed by atoms with Crippen molar-refractivity contribution in [2.45, 2.75) is 25.9 Å². The highest BCUT2D eigenvalue weighted by atomic mass is 15.3. The van der Waals surface area contributed by atoms with E-state index in [4.69, 9.17) is 0 Å². The first-order valence-electron chi connectivity index (χ1n) is 5.02. The van der Waals surface area contributed by atoms with Crippen LogP contribution in [0.5, 0.6) is 0 Å². The van der Waals surface area contributed by atoms with E-state index in [0.29, 0.717) is 12.1 Å². The predicted molar refractivity (Wildman–Crippen MR) is 60.0 cm³/mol. The van der Waals surface area contributed by atoms with Gasteiger partial charge in [-0.3, -0.25) is 4.98 Å². The average molecular weight is 191 g/mol. The van der Waals surface area contributed by atoms with Crippen molar-refractivity contribution in [3.63, 3.8) is 0 Å². The Kier molecular flexibility index (Phi) is 2.10. The Balaban J connectivity index is 2.51. The summed E-state index contributed by atoms with van der Waals surface area (Å²) in [6, 6.07) is 3.14. The lowest BCUT2D eigenvalue weighted by molar-refractivity contribution is 0.528. The molecule has 2 unspecified atom stereocenters. The number of fused-ring (bicyclic) bond motifs is 1. The van der Waals surface area contributed by atoms with Gasteiger partial charge in [-0.1, -0.05) is 0 Å². The normalized spacial score (nSPS) is 26.3. The molecule has 1 aromatic rings. The van der Waals surface area contributed by atoms with Crippen LogP contribution < -0.4 is 9.80 Å². The monoisotopic (exact) mass is 191 g/mol. The highest BCUT2D eigenvalue weighted by molar-refractivity contribution is 5.72. The number of pyridine rings is 1. The topological polar surface area (TPSA) is 19.4 Å². The van der Waals surface area contributed by atoms with E-state index in [-0.39, 0.29) is 0 Å². The minimum absolute atomic E-state index is 0.525. The summed E-state index contributed by atoms with van der Waals surface area (Å²) in [6.45, 7) is 4.50. The highest BCUT2D eigenvalue weighted by Crippen LogP contribution is 2.35. The molecule has 0 N–H and O–H groups in total. The summed E-state index contributed by atoms with van der Waals surface area (Å²) >= 11 is 0. The molecule has 0 spiro atoms. The summed E-state index contributed by atoms with van der Waals surface area (Å²) in [4.78, 5) is 8.79. The van der Waals surface area contributed by atoms with Crippen LogP contribution in [-0.4, -0.2) is 31.2 Å². The molecule has 0 radical (unpaired) electrons. The van der Waals surface area contributed by atoms with Crippen molar-refractivity contribution < 1.29 is 0 Å². The Morgan fingerprint density at radius 2 is 1.64 bits per heavy atom. The minimum atomic E-state index is 0.525. The molecule has 76 valence electrons. The zero-order chi connectivity index (χ0) is 10.3. The van der Waals surface area contributed by atoms with E-state index in [0.717, 1.165) is 0 Å². The number of nitrogens with zero attached hydrogens (tertiary/aromatic N) is 3. The van der Waals surface area contributed by atoms with E-state index in [1.165, 1.54) is 11.4 Å². The molecular formula is C11H17N3. The third-order valence-corrected chi connectivity index (χ3v) is 3.46. The molecule has 2 atom stereocenters. The Labute approximate surface area is 85.4 Å². The molecule has 14 heavy (non-hydrogen) atoms. The van der Waals surface area contributed by atoms with Crippen LogP contribution in [0.3, 0.4) is 0 Å². The largest absolute Gasteiger partial charge is 0.368 e. The smallest absolute Gasteiger partial charge is 0.0790 e. The van der Waals surface area contributed by atoms with Crippen molar-refractivity contribution in [1.82, 2.24) is 4.98 Å². The van der Waals surface area contributed by atoms with Gasteiger partial charge in [0.1, 0.15) is 0 Å². The number of aromatic nitrogens is 1. The maximum atomic E-state index is 4.17. The third kappa shape index (κ3) is 1.15. The van der Waals surface area contributed by atoms with Crippen LogP contribution in [0.1, 0.15) is 13.8 Å². The molecule has 0 bridgehead atoms. The maximum absolute atomic E-state index is 4.17. The summed E-state index contributed by atoms with van der Waals surface area (Å²) in [5.41, 5.74) is 2.49. The molecule has 0 saturated heterocycles. The second kappa shape index (κ2) is 3.15. The average Bonchev–Trinajstić information content (AvgIpc) is 2.23. The molecule has 2 rings (SSSR count). The lowest BCUT2D eigenvalue weighted by Crippen LogP contribution is -2.50. The summed E-state index contributed by atoms with van der Waals surface area (Å²) in [5, 5.41) is 0. The first kappa shape index (κ1) is 9.31. The van der Waals surface area contributed by atoms with Gasteiger partial charge < -0.3 is 9.80 Å². The maximum Gasteiger partial charge on any atom is 0.0790 e. The van der Waals surface area contributed by atoms with Gasteiger partial charge in [0.05, 0.1) is 17.6 Å². The molecule has 3 heteroatoms. The van der Waals surface area contributed by atoms with Crippen molar-refractivity contribution in [1.29, 1.82) is 0 Å². The molecule has 0 aliphatic carbocycles. The lowest BCUT2D eigenvalue weighted by atomic mass is 10.0. The van der Waals surface area contributed by atoms with Gasteiger partial charge >= 0.3 is 0 Å². The van der Waals surface area contributed by atoms with Gasteiger partial charge in [-0.15, -0.1) is 0 Å². The van der Waals surface area contributed by atoms with Gasteiger partial charge in [0.2, 0.25) is 0 Å². The van der Waals surface area contributed by atoms with E-state index in [1.807, 2.05) is 12.4 Å². The number of likely N-dealkylation sites (N-methyl/N-ethyl adjacent to an activating group) is 2. The minimum Gasteiger partial charge on any atom is -0.368 e. The summed E-state index contributed by atoms with van der Waals surface area (Å²) in [7, 11) is 4.28. The van der Waals surface area contributed by atoms with E-state index < -0.39 is 0 Å². The standard InChI is InChI=1S/C11H17N3/c1-8-9(2)14(4)11-7-12-6-5-10(11)13(8)3/h5-9H,1-4H3. The lowest BCUT2D eigenvalue weighted by Gasteiger charge is -2.44. The van der Waals surface area contributed by atoms with E-state index in [9.17, 15) is 0 Å². The van der Waals surface area contributed by atoms with Crippen molar-refractivity contribution >= 4 is 11.4 Å². The molecule has 2 heterocycles. The van der Waals surface area contributed by atoms with Crippen LogP contribution in [-0.2, 0) is 0 Å². The van der Waals surface area contributed by atoms with Crippen LogP contribution >= 0.6 is 0 Å². The molecule has 1 aliphatic rings. The van der Waals surface area contributed by atoms with E-state index >= 15 is 0 Å². The van der Waals surface area contributed by atoms with Crippen molar-refractivity contribution in [2.75, 3.05) is 23.9 Å². The fraction of sp³-hybridized carbons (Fsp3) is 0.545. The quantitative estimate of drug-likeness (QED) is 0.622. The van der Waals surface area contributed by atoms with Crippen LogP contribution in [0.4, 0.5) is 11.4 Å². The molecule has 0 fully saturated rings. The number of rotatable bonds is 0. The Morgan fingerprint density at radius 1 is 1.07 bits per heavy atom. The van der Waals surface area contributed by atoms with Crippen LogP contribution in [0.25, 0.3) is 0 Å². The first-order chi connectivity index (χ1) is 6.63. The zero-order valence-electron chi connectivity index (χ0n) is 9.23. The van der Waals surface area contributed by atoms with Crippen molar-refractivity contribution in [3.05, 3.63) is 18.5 Å². The molecule has 0 saturated carbocycles. The number of hydrogen-bond donors (Lipinski definition) is 0. The second-order valence-corrected chi connectivity index (χ2v) is 4.07. The number of hydrogen-bond acceptors (Lipinski definition) is 3. The van der Waals surface area contributed by atoms with Crippen LogP contribution in [0.2, 0.25) is 0 Å². The van der Waals surface area contributed by atoms with Gasteiger partial charge in [-0.2, -0.15) is 0 Å². The van der Waals surface area contributed by atoms with Gasteiger partial charge in [-0.05, 0) is 19.9 Å². The van der Waals surface area contributed by atoms with E-state index in [1.54, 1.807) is 0 Å². The Morgan fingerprint density at radius 3 is 2.29 bits per heavy atom. The Bertz CT molecular complexity index is 304. The molecule has 0 amide bonds.